The monoisotopic (exact) mass is 821 g/mol. The van der Waals surface area contributed by atoms with Crippen LogP contribution in [0.3, 0.4) is 0 Å². The van der Waals surface area contributed by atoms with Gasteiger partial charge in [0.1, 0.15) is 55.4 Å². The number of rotatable bonds is 22. The molecule has 0 spiro atoms. The number of amides is 1. The highest BCUT2D eigenvalue weighted by Crippen LogP contribution is 2.33. The summed E-state index contributed by atoms with van der Waals surface area (Å²) in [6.45, 7) is 1.09. The third-order valence-corrected chi connectivity index (χ3v) is 10.1. The molecule has 0 saturated carbocycles. The molecule has 0 aliphatic carbocycles. The molecule has 10 atom stereocenters. The number of hydrogen-bond donors (Lipinski definition) is 3. The Labute approximate surface area is 336 Å². The van der Waals surface area contributed by atoms with Gasteiger partial charge in [0.05, 0.1) is 26.4 Å². The lowest BCUT2D eigenvalue weighted by Crippen LogP contribution is -2.66. The van der Waals surface area contributed by atoms with Crippen LogP contribution in [-0.4, -0.2) is 104 Å². The summed E-state index contributed by atoms with van der Waals surface area (Å²) in [5, 5.41) is 22.9. The van der Waals surface area contributed by atoms with E-state index in [4.69, 9.17) is 33.2 Å². The van der Waals surface area contributed by atoms with E-state index in [9.17, 15) is 32.6 Å². The van der Waals surface area contributed by atoms with Crippen LogP contribution in [0.25, 0.3) is 0 Å². The van der Waals surface area contributed by atoms with Crippen molar-refractivity contribution in [2.45, 2.75) is 133 Å². The first-order valence-corrected chi connectivity index (χ1v) is 19.9. The Morgan fingerprint density at radius 2 is 1.14 bits per heavy atom. The fourth-order valence-electron chi connectivity index (χ4n) is 6.87. The van der Waals surface area contributed by atoms with Crippen molar-refractivity contribution in [2.75, 3.05) is 19.9 Å². The van der Waals surface area contributed by atoms with E-state index in [0.29, 0.717) is 6.61 Å². The summed E-state index contributed by atoms with van der Waals surface area (Å²) in [5.74, 6) is -2.41. The molecule has 0 aromatic heterocycles. The van der Waals surface area contributed by atoms with Gasteiger partial charge in [-0.15, -0.1) is 0 Å². The molecule has 3 N–H and O–H groups in total. The van der Waals surface area contributed by atoms with E-state index < -0.39 is 86.7 Å². The molecule has 2 fully saturated rings. The lowest BCUT2D eigenvalue weighted by atomic mass is 9.96. The summed E-state index contributed by atoms with van der Waals surface area (Å²) in [6, 6.07) is 26.4. The molecule has 0 radical (unpaired) electrons. The zero-order valence-electron chi connectivity index (χ0n) is 32.6. The van der Waals surface area contributed by atoms with Crippen LogP contribution in [0, 0.1) is 0 Å². The Hall–Kier alpha value is -3.51. The Kier molecular flexibility index (Phi) is 18.3. The van der Waals surface area contributed by atoms with Crippen molar-refractivity contribution in [3.63, 3.8) is 0 Å². The minimum Gasteiger partial charge on any atom is -0.388 e. The molecule has 0 unspecified atom stereocenters. The number of alkyl halides is 4. The van der Waals surface area contributed by atoms with Crippen molar-refractivity contribution in [3.05, 3.63) is 108 Å². The highest BCUT2D eigenvalue weighted by Gasteiger charge is 2.52. The fraction of sp³-hybridized carbons (Fsp3) is 0.558. The zero-order chi connectivity index (χ0) is 41.3. The largest absolute Gasteiger partial charge is 0.471 e. The Morgan fingerprint density at radius 3 is 1.67 bits per heavy atom. The fourth-order valence-corrected chi connectivity index (χ4v) is 6.87. The van der Waals surface area contributed by atoms with Crippen molar-refractivity contribution in [3.8, 4) is 0 Å². The van der Waals surface area contributed by atoms with Gasteiger partial charge in [-0.3, -0.25) is 4.79 Å². The van der Waals surface area contributed by atoms with Crippen LogP contribution < -0.4 is 5.32 Å². The van der Waals surface area contributed by atoms with Crippen LogP contribution in [0.2, 0.25) is 0 Å². The van der Waals surface area contributed by atoms with Crippen molar-refractivity contribution < 1.29 is 65.7 Å². The van der Waals surface area contributed by atoms with Crippen LogP contribution in [0.5, 0.6) is 0 Å². The lowest BCUT2D eigenvalue weighted by molar-refractivity contribution is -0.338. The van der Waals surface area contributed by atoms with Crippen molar-refractivity contribution in [1.82, 2.24) is 5.32 Å². The van der Waals surface area contributed by atoms with Gasteiger partial charge in [-0.05, 0) is 23.1 Å². The van der Waals surface area contributed by atoms with Crippen molar-refractivity contribution in [1.29, 1.82) is 0 Å². The second kappa shape index (κ2) is 23.3. The van der Waals surface area contributed by atoms with E-state index in [2.05, 4.69) is 6.92 Å². The molecule has 3 aromatic rings. The Bertz CT molecular complexity index is 1590. The Morgan fingerprint density at radius 1 is 0.638 bits per heavy atom. The molecule has 320 valence electrons. The maximum Gasteiger partial charge on any atom is 0.471 e. The van der Waals surface area contributed by atoms with E-state index in [1.54, 1.807) is 5.32 Å². The number of hydrogen-bond acceptors (Lipinski definition) is 10. The van der Waals surface area contributed by atoms with Gasteiger partial charge in [-0.1, -0.05) is 130 Å². The SMILES string of the molecule is CCCCCCCCO[C@H]1O[C@H](CO[C@H]2O[C@H](CF)[C@@H](O)[C@H](O)[C@@H]2NC(=O)C(F)(F)F)[C@@H](OCc2ccccc2)[C@H](OCc2ccccc2)[C@@H]1OCc1ccccc1. The molecule has 0 bridgehead atoms. The van der Waals surface area contributed by atoms with Crippen LogP contribution in [0.4, 0.5) is 17.6 Å². The maximum atomic E-state index is 14.0. The molecule has 2 aliphatic heterocycles. The quantitative estimate of drug-likeness (QED) is 0.0781. The molecule has 2 saturated heterocycles. The smallest absolute Gasteiger partial charge is 0.388 e. The minimum absolute atomic E-state index is 0.0876. The number of ether oxygens (including phenoxy) is 7. The molecule has 58 heavy (non-hydrogen) atoms. The first-order chi connectivity index (χ1) is 28.1. The molecule has 2 aliphatic rings. The second-order valence-corrected chi connectivity index (χ2v) is 14.5. The molecule has 15 heteroatoms. The van der Waals surface area contributed by atoms with Gasteiger partial charge in [0.15, 0.2) is 12.6 Å². The molecule has 2 heterocycles. The van der Waals surface area contributed by atoms with E-state index in [1.165, 1.54) is 0 Å². The third kappa shape index (κ3) is 13.5. The van der Waals surface area contributed by atoms with Gasteiger partial charge in [0, 0.05) is 6.61 Å². The molecule has 5 rings (SSSR count). The van der Waals surface area contributed by atoms with Gasteiger partial charge in [-0.2, -0.15) is 13.2 Å². The summed E-state index contributed by atoms with van der Waals surface area (Å²) in [7, 11) is 0. The topological polar surface area (TPSA) is 134 Å². The van der Waals surface area contributed by atoms with Crippen LogP contribution in [0.15, 0.2) is 91.0 Å². The lowest BCUT2D eigenvalue weighted by Gasteiger charge is -2.47. The number of aliphatic hydroxyl groups excluding tert-OH is 2. The number of carbonyl (C=O) groups excluding carboxylic acids is 1. The van der Waals surface area contributed by atoms with E-state index in [0.717, 1.165) is 55.2 Å². The highest BCUT2D eigenvalue weighted by molar-refractivity contribution is 5.82. The van der Waals surface area contributed by atoms with Crippen molar-refractivity contribution in [2.24, 2.45) is 0 Å². The summed E-state index contributed by atoms with van der Waals surface area (Å²) in [6.07, 6.45) is -11.7. The number of nitrogens with one attached hydrogen (secondary N) is 1. The van der Waals surface area contributed by atoms with Gasteiger partial charge >= 0.3 is 12.1 Å². The standard InChI is InChI=1S/C43H55F4NO10/c1-2-3-4-5-6-16-23-52-41-39(55-27-31-21-14-9-15-22-31)38(54-26-30-19-12-8-13-20-30)37(53-25-29-17-10-7-11-18-29)33(58-41)28-56-40-34(48-42(51)43(45,46)47)36(50)35(49)32(24-44)57-40/h7-15,17-22,32-41,49-50H,2-6,16,23-28H2,1H3,(H,48,51)/t32-,33-,34+,35-,36-,37-,38+,39+,40+,41+/m1/s1. The molecular formula is C43H55F4NO10. The van der Waals surface area contributed by atoms with Crippen LogP contribution >= 0.6 is 0 Å². The number of aliphatic hydroxyl groups is 2. The van der Waals surface area contributed by atoms with Crippen LogP contribution in [-0.2, 0) is 57.8 Å². The average Bonchev–Trinajstić information content (AvgIpc) is 3.23. The number of unbranched alkanes of at least 4 members (excludes halogenated alkanes) is 5. The molecule has 11 nitrogen and oxygen atoms in total. The van der Waals surface area contributed by atoms with Gasteiger partial charge in [-0.25, -0.2) is 4.39 Å². The molecule has 3 aromatic carbocycles. The zero-order valence-corrected chi connectivity index (χ0v) is 32.6. The van der Waals surface area contributed by atoms with Crippen molar-refractivity contribution >= 4 is 5.91 Å². The predicted octanol–water partition coefficient (Wildman–Crippen LogP) is 6.32. The van der Waals surface area contributed by atoms with E-state index in [-0.39, 0.29) is 19.8 Å². The average molecular weight is 822 g/mol. The van der Waals surface area contributed by atoms with E-state index in [1.807, 2.05) is 91.0 Å². The van der Waals surface area contributed by atoms with Gasteiger partial charge in [0.2, 0.25) is 0 Å². The summed E-state index contributed by atoms with van der Waals surface area (Å²) in [4.78, 5) is 12.0. The first-order valence-electron chi connectivity index (χ1n) is 19.9. The summed E-state index contributed by atoms with van der Waals surface area (Å²) >= 11 is 0. The second-order valence-electron chi connectivity index (χ2n) is 14.5. The molecular weight excluding hydrogens is 766 g/mol. The number of carbonyl (C=O) groups is 1. The minimum atomic E-state index is -5.34. The van der Waals surface area contributed by atoms with Gasteiger partial charge in [0.25, 0.3) is 0 Å². The van der Waals surface area contributed by atoms with Gasteiger partial charge < -0.3 is 48.7 Å². The van der Waals surface area contributed by atoms with E-state index >= 15 is 0 Å². The maximum absolute atomic E-state index is 14.0. The molecule has 1 amide bonds. The number of halogens is 4. The summed E-state index contributed by atoms with van der Waals surface area (Å²) < 4.78 is 98.4. The van der Waals surface area contributed by atoms with Crippen LogP contribution in [0.1, 0.15) is 62.1 Å². The number of benzene rings is 3. The predicted molar refractivity (Wildman–Crippen MR) is 204 cm³/mol. The third-order valence-electron chi connectivity index (χ3n) is 10.1. The summed E-state index contributed by atoms with van der Waals surface area (Å²) in [5.41, 5.74) is 2.56. The first kappa shape index (κ1) is 45.6. The Balaban J connectivity index is 1.46. The normalized spacial score (nSPS) is 27.6. The highest BCUT2D eigenvalue weighted by atomic mass is 19.4.